The van der Waals surface area contributed by atoms with Gasteiger partial charge < -0.3 is 4.74 Å². The van der Waals surface area contributed by atoms with Gasteiger partial charge in [0.1, 0.15) is 4.90 Å². The molecule has 0 aliphatic rings. The molecule has 1 aromatic carbocycles. The van der Waals surface area contributed by atoms with E-state index in [1.807, 2.05) is 0 Å². The van der Waals surface area contributed by atoms with Crippen molar-refractivity contribution in [1.29, 1.82) is 0 Å². The molecule has 16 heavy (non-hydrogen) atoms. The van der Waals surface area contributed by atoms with Crippen LogP contribution in [0.3, 0.4) is 0 Å². The summed E-state index contributed by atoms with van der Waals surface area (Å²) in [5, 5.41) is -0.216. The van der Waals surface area contributed by atoms with Crippen molar-refractivity contribution in [1.82, 2.24) is 0 Å². The fraction of sp³-hybridized carbons (Fsp3) is 0.143. The molecular formula is C7H3ClF4O3S. The molecule has 0 N–H and O–H groups in total. The van der Waals surface area contributed by atoms with Crippen molar-refractivity contribution in [3.63, 3.8) is 0 Å². The average Bonchev–Trinajstić information content (AvgIpc) is 1.97. The number of alkyl halides is 3. The molecule has 0 saturated carbocycles. The maximum atomic E-state index is 12.6. The van der Waals surface area contributed by atoms with E-state index in [1.54, 1.807) is 0 Å². The minimum Gasteiger partial charge on any atom is -0.404 e. The second kappa shape index (κ2) is 4.10. The topological polar surface area (TPSA) is 43.4 Å². The van der Waals surface area contributed by atoms with Gasteiger partial charge in [-0.05, 0) is 12.1 Å². The van der Waals surface area contributed by atoms with Gasteiger partial charge in [0.2, 0.25) is 0 Å². The van der Waals surface area contributed by atoms with Gasteiger partial charge >= 0.3 is 16.6 Å². The van der Waals surface area contributed by atoms with E-state index in [-0.39, 0.29) is 5.02 Å². The van der Waals surface area contributed by atoms with Gasteiger partial charge in [-0.2, -0.15) is 8.42 Å². The van der Waals surface area contributed by atoms with Crippen molar-refractivity contribution < 1.29 is 30.2 Å². The molecule has 0 radical (unpaired) electrons. The van der Waals surface area contributed by atoms with Gasteiger partial charge in [-0.3, -0.25) is 0 Å². The number of hydrogen-bond acceptors (Lipinski definition) is 3. The van der Waals surface area contributed by atoms with E-state index in [0.717, 1.165) is 6.07 Å². The first-order valence-corrected chi connectivity index (χ1v) is 5.36. The van der Waals surface area contributed by atoms with Crippen molar-refractivity contribution in [3.05, 3.63) is 23.2 Å². The highest BCUT2D eigenvalue weighted by Gasteiger charge is 2.34. The molecule has 0 aromatic heterocycles. The van der Waals surface area contributed by atoms with Crippen LogP contribution in [0.5, 0.6) is 5.75 Å². The smallest absolute Gasteiger partial charge is 0.404 e. The van der Waals surface area contributed by atoms with Crippen molar-refractivity contribution in [2.24, 2.45) is 0 Å². The fourth-order valence-electron chi connectivity index (χ4n) is 0.888. The molecule has 0 aliphatic heterocycles. The van der Waals surface area contributed by atoms with Gasteiger partial charge in [0.25, 0.3) is 0 Å². The van der Waals surface area contributed by atoms with Crippen molar-refractivity contribution in [2.45, 2.75) is 11.3 Å². The molecule has 0 spiro atoms. The standard InChI is InChI=1S/C7H3ClF4O3S/c8-4-1-2-6(16(12,13)14)5(3-4)15-7(9,10)11/h1-3H. The molecule has 0 unspecified atom stereocenters. The summed E-state index contributed by atoms with van der Waals surface area (Å²) in [4.78, 5) is -1.23. The SMILES string of the molecule is O=S(=O)(F)c1ccc(Cl)cc1OC(F)(F)F. The first kappa shape index (κ1) is 13.0. The highest BCUT2D eigenvalue weighted by Crippen LogP contribution is 2.32. The Bertz CT molecular complexity index is 497. The van der Waals surface area contributed by atoms with Crippen LogP contribution in [-0.2, 0) is 10.2 Å². The molecule has 1 aromatic rings. The highest BCUT2D eigenvalue weighted by molar-refractivity contribution is 7.86. The Morgan fingerprint density at radius 2 is 1.81 bits per heavy atom. The van der Waals surface area contributed by atoms with Crippen LogP contribution in [0, 0.1) is 0 Å². The third-order valence-corrected chi connectivity index (χ3v) is 2.49. The summed E-state index contributed by atoms with van der Waals surface area (Å²) in [6.07, 6.45) is -5.13. The maximum Gasteiger partial charge on any atom is 0.573 e. The van der Waals surface area contributed by atoms with E-state index >= 15 is 0 Å². The fourth-order valence-corrected chi connectivity index (χ4v) is 1.62. The second-order valence-corrected chi connectivity index (χ2v) is 4.33. The van der Waals surface area contributed by atoms with Crippen LogP contribution in [-0.4, -0.2) is 14.8 Å². The predicted molar refractivity (Wildman–Crippen MR) is 46.4 cm³/mol. The molecule has 0 amide bonds. The molecule has 9 heteroatoms. The molecule has 0 heterocycles. The third-order valence-electron chi connectivity index (χ3n) is 1.39. The quantitative estimate of drug-likeness (QED) is 0.617. The zero-order valence-electron chi connectivity index (χ0n) is 7.25. The Balaban J connectivity index is 3.30. The Morgan fingerprint density at radius 1 is 1.25 bits per heavy atom. The summed E-state index contributed by atoms with van der Waals surface area (Å²) in [5.41, 5.74) is 0. The first-order chi connectivity index (χ1) is 7.09. The van der Waals surface area contributed by atoms with Crippen molar-refractivity contribution >= 4 is 21.8 Å². The minimum atomic E-state index is -5.31. The third kappa shape index (κ3) is 3.53. The lowest BCUT2D eigenvalue weighted by Crippen LogP contribution is -2.18. The Labute approximate surface area is 92.8 Å². The predicted octanol–water partition coefficient (Wildman–Crippen LogP) is 2.90. The van der Waals surface area contributed by atoms with E-state index in [0.29, 0.717) is 12.1 Å². The first-order valence-electron chi connectivity index (χ1n) is 3.59. The van der Waals surface area contributed by atoms with Crippen LogP contribution in [0.4, 0.5) is 17.1 Å². The van der Waals surface area contributed by atoms with Crippen LogP contribution in [0.25, 0.3) is 0 Å². The molecule has 3 nitrogen and oxygen atoms in total. The van der Waals surface area contributed by atoms with E-state index < -0.39 is 27.2 Å². The molecule has 0 aliphatic carbocycles. The maximum absolute atomic E-state index is 12.6. The summed E-state index contributed by atoms with van der Waals surface area (Å²) >= 11 is 5.33. The molecule has 1 rings (SSSR count). The van der Waals surface area contributed by atoms with Gasteiger partial charge in [0.15, 0.2) is 5.75 Å². The average molecular weight is 279 g/mol. The van der Waals surface area contributed by atoms with E-state index in [1.165, 1.54) is 0 Å². The number of hydrogen-bond donors (Lipinski definition) is 0. The lowest BCUT2D eigenvalue weighted by molar-refractivity contribution is -0.275. The molecule has 0 fully saturated rings. The van der Waals surface area contributed by atoms with E-state index in [4.69, 9.17) is 11.6 Å². The van der Waals surface area contributed by atoms with Crippen LogP contribution in [0.15, 0.2) is 23.1 Å². The van der Waals surface area contributed by atoms with Crippen molar-refractivity contribution in [2.75, 3.05) is 0 Å². The van der Waals surface area contributed by atoms with Gasteiger partial charge in [0, 0.05) is 11.1 Å². The van der Waals surface area contributed by atoms with Crippen LogP contribution < -0.4 is 4.74 Å². The minimum absolute atomic E-state index is 0.216. The van der Waals surface area contributed by atoms with Gasteiger partial charge in [-0.25, -0.2) is 0 Å². The van der Waals surface area contributed by atoms with E-state index in [9.17, 15) is 25.5 Å². The Morgan fingerprint density at radius 3 is 2.25 bits per heavy atom. The summed E-state index contributed by atoms with van der Waals surface area (Å²) in [6, 6.07) is 2.07. The van der Waals surface area contributed by atoms with Gasteiger partial charge in [-0.1, -0.05) is 11.6 Å². The second-order valence-electron chi connectivity index (χ2n) is 2.58. The molecule has 0 saturated heterocycles. The van der Waals surface area contributed by atoms with Crippen LogP contribution in [0.1, 0.15) is 0 Å². The zero-order valence-corrected chi connectivity index (χ0v) is 8.83. The molecule has 90 valence electrons. The largest absolute Gasteiger partial charge is 0.573 e. The summed E-state index contributed by atoms with van der Waals surface area (Å²) < 4.78 is 72.5. The van der Waals surface area contributed by atoms with Gasteiger partial charge in [0.05, 0.1) is 0 Å². The number of benzene rings is 1. The zero-order chi connectivity index (χ0) is 12.6. The molecule has 0 atom stereocenters. The number of halogens is 5. The normalized spacial score (nSPS) is 12.6. The highest BCUT2D eigenvalue weighted by atomic mass is 35.5. The molecular weight excluding hydrogens is 276 g/mol. The van der Waals surface area contributed by atoms with Gasteiger partial charge in [-0.15, -0.1) is 17.1 Å². The lowest BCUT2D eigenvalue weighted by atomic mass is 10.3. The Hall–Kier alpha value is -1.02. The monoisotopic (exact) mass is 278 g/mol. The summed E-state index contributed by atoms with van der Waals surface area (Å²) in [7, 11) is -5.31. The van der Waals surface area contributed by atoms with E-state index in [2.05, 4.69) is 4.74 Å². The summed E-state index contributed by atoms with van der Waals surface area (Å²) in [6.45, 7) is 0. The summed E-state index contributed by atoms with van der Waals surface area (Å²) in [5.74, 6) is -1.21. The van der Waals surface area contributed by atoms with Crippen LogP contribution in [0.2, 0.25) is 5.02 Å². The van der Waals surface area contributed by atoms with Crippen molar-refractivity contribution in [3.8, 4) is 5.75 Å². The number of rotatable bonds is 2. The lowest BCUT2D eigenvalue weighted by Gasteiger charge is -2.11. The molecule has 0 bridgehead atoms. The van der Waals surface area contributed by atoms with Crippen LogP contribution >= 0.6 is 11.6 Å². The Kier molecular flexibility index (Phi) is 3.34. The number of ether oxygens (including phenoxy) is 1.